The van der Waals surface area contributed by atoms with E-state index in [9.17, 15) is 4.79 Å². The average molecular weight is 338 g/mol. The summed E-state index contributed by atoms with van der Waals surface area (Å²) in [6.45, 7) is 6.54. The Morgan fingerprint density at radius 1 is 1.40 bits per heavy atom. The Morgan fingerprint density at radius 2 is 2.24 bits per heavy atom. The molecule has 0 radical (unpaired) electrons. The lowest BCUT2D eigenvalue weighted by Crippen LogP contribution is -2.37. The quantitative estimate of drug-likeness (QED) is 0.767. The number of para-hydroxylation sites is 1. The van der Waals surface area contributed by atoms with Gasteiger partial charge in [-0.05, 0) is 32.4 Å². The van der Waals surface area contributed by atoms with Gasteiger partial charge >= 0.3 is 0 Å². The number of nitrogens with one attached hydrogen (secondary N) is 2. The van der Waals surface area contributed by atoms with Crippen molar-refractivity contribution in [1.82, 2.24) is 20.4 Å². The molecule has 2 N–H and O–H groups in total. The standard InChI is InChI=1S/C19H22N4O2/c1-12-16(13(2)25-22-12)11-23-8-7-15(10-23)20-19(24)18-9-14-5-3-4-6-17(14)21-18/h3-6,9,15,21H,7-8,10-11H2,1-2H3,(H,20,24). The smallest absolute Gasteiger partial charge is 0.267 e. The summed E-state index contributed by atoms with van der Waals surface area (Å²) in [5.74, 6) is 0.837. The number of rotatable bonds is 4. The van der Waals surface area contributed by atoms with E-state index in [4.69, 9.17) is 4.52 Å². The van der Waals surface area contributed by atoms with E-state index in [1.807, 2.05) is 44.2 Å². The predicted octanol–water partition coefficient (Wildman–Crippen LogP) is 2.78. The van der Waals surface area contributed by atoms with Crippen LogP contribution in [-0.2, 0) is 6.54 Å². The van der Waals surface area contributed by atoms with E-state index in [0.29, 0.717) is 5.69 Å². The number of benzene rings is 1. The van der Waals surface area contributed by atoms with Crippen LogP contribution in [0.25, 0.3) is 10.9 Å². The summed E-state index contributed by atoms with van der Waals surface area (Å²) in [4.78, 5) is 18.0. The summed E-state index contributed by atoms with van der Waals surface area (Å²) < 4.78 is 5.23. The van der Waals surface area contributed by atoms with Crippen molar-refractivity contribution >= 4 is 16.8 Å². The Kier molecular flexibility index (Phi) is 4.05. The van der Waals surface area contributed by atoms with E-state index in [0.717, 1.165) is 54.0 Å². The lowest BCUT2D eigenvalue weighted by molar-refractivity contribution is 0.0933. The molecule has 1 aliphatic rings. The molecule has 1 atom stereocenters. The number of amides is 1. The molecule has 2 aromatic heterocycles. The van der Waals surface area contributed by atoms with Crippen LogP contribution in [0, 0.1) is 13.8 Å². The monoisotopic (exact) mass is 338 g/mol. The van der Waals surface area contributed by atoms with Crippen molar-refractivity contribution < 1.29 is 9.32 Å². The molecule has 1 unspecified atom stereocenters. The molecular weight excluding hydrogens is 316 g/mol. The minimum atomic E-state index is -0.0413. The molecule has 6 nitrogen and oxygen atoms in total. The van der Waals surface area contributed by atoms with Crippen LogP contribution in [-0.4, -0.2) is 40.1 Å². The van der Waals surface area contributed by atoms with E-state index in [2.05, 4.69) is 20.4 Å². The maximum Gasteiger partial charge on any atom is 0.267 e. The van der Waals surface area contributed by atoms with Crippen LogP contribution in [0.1, 0.15) is 33.9 Å². The number of fused-ring (bicyclic) bond motifs is 1. The van der Waals surface area contributed by atoms with Gasteiger partial charge in [0.2, 0.25) is 0 Å². The van der Waals surface area contributed by atoms with Crippen LogP contribution in [0.4, 0.5) is 0 Å². The molecule has 1 fully saturated rings. The molecule has 0 aliphatic carbocycles. The number of carbonyl (C=O) groups excluding carboxylic acids is 1. The first-order valence-corrected chi connectivity index (χ1v) is 8.63. The van der Waals surface area contributed by atoms with Crippen molar-refractivity contribution in [3.8, 4) is 0 Å². The number of hydrogen-bond donors (Lipinski definition) is 2. The SMILES string of the molecule is Cc1noc(C)c1CN1CCC(NC(=O)c2cc3ccccc3[nH]2)C1. The van der Waals surface area contributed by atoms with E-state index >= 15 is 0 Å². The molecule has 3 heterocycles. The molecule has 4 rings (SSSR count). The molecule has 0 saturated carbocycles. The van der Waals surface area contributed by atoms with Crippen molar-refractivity contribution in [3.63, 3.8) is 0 Å². The Hall–Kier alpha value is -2.60. The zero-order valence-electron chi connectivity index (χ0n) is 14.5. The Morgan fingerprint density at radius 3 is 3.00 bits per heavy atom. The first-order valence-electron chi connectivity index (χ1n) is 8.63. The number of aromatic nitrogens is 2. The largest absolute Gasteiger partial charge is 0.361 e. The van der Waals surface area contributed by atoms with Gasteiger partial charge in [0, 0.05) is 42.1 Å². The average Bonchev–Trinajstić information content (AvgIpc) is 3.30. The first-order chi connectivity index (χ1) is 12.1. The lowest BCUT2D eigenvalue weighted by Gasteiger charge is -2.16. The molecule has 1 saturated heterocycles. The van der Waals surface area contributed by atoms with Crippen molar-refractivity contribution in [2.45, 2.75) is 32.9 Å². The third-order valence-corrected chi connectivity index (χ3v) is 4.95. The number of aromatic amines is 1. The minimum Gasteiger partial charge on any atom is -0.361 e. The van der Waals surface area contributed by atoms with Gasteiger partial charge in [0.25, 0.3) is 5.91 Å². The molecule has 1 aliphatic heterocycles. The van der Waals surface area contributed by atoms with Crippen LogP contribution >= 0.6 is 0 Å². The molecular formula is C19H22N4O2. The zero-order valence-corrected chi connectivity index (χ0v) is 14.5. The van der Waals surface area contributed by atoms with Gasteiger partial charge in [-0.25, -0.2) is 0 Å². The minimum absolute atomic E-state index is 0.0413. The highest BCUT2D eigenvalue weighted by Crippen LogP contribution is 2.19. The van der Waals surface area contributed by atoms with Crippen LogP contribution in [0.15, 0.2) is 34.9 Å². The van der Waals surface area contributed by atoms with Gasteiger partial charge in [-0.3, -0.25) is 9.69 Å². The van der Waals surface area contributed by atoms with E-state index < -0.39 is 0 Å². The summed E-state index contributed by atoms with van der Waals surface area (Å²) in [5, 5.41) is 8.21. The van der Waals surface area contributed by atoms with Crippen LogP contribution in [0.3, 0.4) is 0 Å². The van der Waals surface area contributed by atoms with Gasteiger partial charge in [0.05, 0.1) is 5.69 Å². The number of aryl methyl sites for hydroxylation is 2. The van der Waals surface area contributed by atoms with E-state index in [1.54, 1.807) is 0 Å². The van der Waals surface area contributed by atoms with Gasteiger partial charge in [-0.2, -0.15) is 0 Å². The molecule has 0 bridgehead atoms. The number of nitrogens with zero attached hydrogens (tertiary/aromatic N) is 2. The second-order valence-electron chi connectivity index (χ2n) is 6.77. The van der Waals surface area contributed by atoms with Gasteiger partial charge in [0.15, 0.2) is 0 Å². The fourth-order valence-electron chi connectivity index (χ4n) is 3.50. The first kappa shape index (κ1) is 15.9. The zero-order chi connectivity index (χ0) is 17.4. The summed E-state index contributed by atoms with van der Waals surface area (Å²) >= 11 is 0. The van der Waals surface area contributed by atoms with Crippen molar-refractivity contribution in [2.75, 3.05) is 13.1 Å². The Bertz CT molecular complexity index is 859. The highest BCUT2D eigenvalue weighted by atomic mass is 16.5. The van der Waals surface area contributed by atoms with Crippen molar-refractivity contribution in [3.05, 3.63) is 53.0 Å². The maximum absolute atomic E-state index is 12.5. The van der Waals surface area contributed by atoms with Crippen LogP contribution < -0.4 is 5.32 Å². The summed E-state index contributed by atoms with van der Waals surface area (Å²) in [6.07, 6.45) is 0.954. The highest BCUT2D eigenvalue weighted by Gasteiger charge is 2.26. The topological polar surface area (TPSA) is 74.2 Å². The predicted molar refractivity (Wildman–Crippen MR) is 95.4 cm³/mol. The third-order valence-electron chi connectivity index (χ3n) is 4.95. The number of likely N-dealkylation sites (tertiary alicyclic amines) is 1. The fourth-order valence-corrected chi connectivity index (χ4v) is 3.50. The van der Waals surface area contributed by atoms with Crippen LogP contribution in [0.2, 0.25) is 0 Å². The lowest BCUT2D eigenvalue weighted by atomic mass is 10.2. The second kappa shape index (κ2) is 6.37. The Balaban J connectivity index is 1.38. The summed E-state index contributed by atoms with van der Waals surface area (Å²) in [6, 6.07) is 9.99. The molecule has 25 heavy (non-hydrogen) atoms. The Labute approximate surface area is 146 Å². The highest BCUT2D eigenvalue weighted by molar-refractivity contribution is 5.98. The van der Waals surface area contributed by atoms with E-state index in [-0.39, 0.29) is 11.9 Å². The van der Waals surface area contributed by atoms with Crippen molar-refractivity contribution in [1.29, 1.82) is 0 Å². The molecule has 1 amide bonds. The number of H-pyrrole nitrogens is 1. The number of carbonyl (C=O) groups is 1. The fraction of sp³-hybridized carbons (Fsp3) is 0.368. The normalized spacial score (nSPS) is 18.1. The maximum atomic E-state index is 12.5. The van der Waals surface area contributed by atoms with Gasteiger partial charge in [0.1, 0.15) is 11.5 Å². The second-order valence-corrected chi connectivity index (χ2v) is 6.77. The molecule has 0 spiro atoms. The van der Waals surface area contributed by atoms with Gasteiger partial charge in [-0.15, -0.1) is 0 Å². The molecule has 130 valence electrons. The van der Waals surface area contributed by atoms with Gasteiger partial charge in [-0.1, -0.05) is 23.4 Å². The van der Waals surface area contributed by atoms with Crippen LogP contribution in [0.5, 0.6) is 0 Å². The number of hydrogen-bond acceptors (Lipinski definition) is 4. The summed E-state index contributed by atoms with van der Waals surface area (Å²) in [7, 11) is 0. The molecule has 1 aromatic carbocycles. The van der Waals surface area contributed by atoms with Gasteiger partial charge < -0.3 is 14.8 Å². The van der Waals surface area contributed by atoms with E-state index in [1.165, 1.54) is 0 Å². The summed E-state index contributed by atoms with van der Waals surface area (Å²) in [5.41, 5.74) is 3.70. The molecule has 6 heteroatoms. The third kappa shape index (κ3) is 3.17. The molecule has 3 aromatic rings. The van der Waals surface area contributed by atoms with Crippen molar-refractivity contribution in [2.24, 2.45) is 0 Å².